The number of carbonyl (C=O) groups excluding carboxylic acids is 2. The zero-order chi connectivity index (χ0) is 17.8. The van der Waals surface area contributed by atoms with Crippen LogP contribution in [0.25, 0.3) is 0 Å². The van der Waals surface area contributed by atoms with E-state index in [0.29, 0.717) is 29.4 Å². The number of hydrazine groups is 1. The van der Waals surface area contributed by atoms with Crippen molar-refractivity contribution in [1.29, 1.82) is 0 Å². The molecule has 130 valence electrons. The monoisotopic (exact) mass is 362 g/mol. The van der Waals surface area contributed by atoms with Gasteiger partial charge in [-0.05, 0) is 43.3 Å². The molecular weight excluding hydrogens is 348 g/mol. The van der Waals surface area contributed by atoms with Gasteiger partial charge in [0.05, 0.1) is 11.6 Å². The van der Waals surface area contributed by atoms with Crippen LogP contribution in [0.4, 0.5) is 0 Å². The summed E-state index contributed by atoms with van der Waals surface area (Å²) in [7, 11) is 0. The highest BCUT2D eigenvalue weighted by Gasteiger charge is 2.21. The van der Waals surface area contributed by atoms with E-state index in [1.807, 2.05) is 6.92 Å². The molecule has 0 saturated heterocycles. The first-order valence-electron chi connectivity index (χ1n) is 7.51. The van der Waals surface area contributed by atoms with E-state index in [0.717, 1.165) is 0 Å². The second kappa shape index (κ2) is 7.31. The van der Waals surface area contributed by atoms with Gasteiger partial charge in [-0.15, -0.1) is 0 Å². The van der Waals surface area contributed by atoms with Gasteiger partial charge < -0.3 is 14.2 Å². The number of hydrogen-bond donors (Lipinski definition) is 2. The molecule has 7 nitrogen and oxygen atoms in total. The molecule has 0 unspecified atom stereocenters. The van der Waals surface area contributed by atoms with E-state index in [1.54, 1.807) is 24.3 Å². The molecule has 25 heavy (non-hydrogen) atoms. The van der Waals surface area contributed by atoms with E-state index < -0.39 is 11.8 Å². The topological polar surface area (TPSA) is 85.9 Å². The lowest BCUT2D eigenvalue weighted by atomic mass is 10.2. The van der Waals surface area contributed by atoms with Gasteiger partial charge in [0.1, 0.15) is 5.75 Å². The number of fused-ring (bicyclic) bond motifs is 1. The fourth-order valence-corrected chi connectivity index (χ4v) is 2.49. The molecule has 2 N–H and O–H groups in total. The predicted molar refractivity (Wildman–Crippen MR) is 90.1 cm³/mol. The van der Waals surface area contributed by atoms with Crippen molar-refractivity contribution in [3.8, 4) is 17.2 Å². The summed E-state index contributed by atoms with van der Waals surface area (Å²) in [5.41, 5.74) is 5.29. The summed E-state index contributed by atoms with van der Waals surface area (Å²) in [5, 5.41) is 0.262. The Bertz CT molecular complexity index is 807. The van der Waals surface area contributed by atoms with E-state index in [-0.39, 0.29) is 17.4 Å². The van der Waals surface area contributed by atoms with Crippen LogP contribution in [-0.4, -0.2) is 25.2 Å². The highest BCUT2D eigenvalue weighted by molar-refractivity contribution is 6.32. The molecule has 0 saturated carbocycles. The Hall–Kier alpha value is -2.93. The molecule has 0 bridgehead atoms. The third-order valence-corrected chi connectivity index (χ3v) is 3.69. The Balaban J connectivity index is 1.62. The van der Waals surface area contributed by atoms with Crippen LogP contribution < -0.4 is 25.1 Å². The van der Waals surface area contributed by atoms with Gasteiger partial charge in [-0.3, -0.25) is 20.4 Å². The second-order valence-electron chi connectivity index (χ2n) is 5.06. The number of carbonyl (C=O) groups is 2. The van der Waals surface area contributed by atoms with E-state index in [9.17, 15) is 9.59 Å². The Kier molecular flexibility index (Phi) is 4.95. The minimum atomic E-state index is -0.528. The van der Waals surface area contributed by atoms with Crippen LogP contribution in [0.5, 0.6) is 17.2 Å². The van der Waals surface area contributed by atoms with Crippen LogP contribution in [-0.2, 0) is 0 Å². The number of halogens is 1. The van der Waals surface area contributed by atoms with Crippen molar-refractivity contribution < 1.29 is 23.8 Å². The molecule has 0 radical (unpaired) electrons. The molecule has 1 heterocycles. The first-order chi connectivity index (χ1) is 12.1. The molecule has 0 spiro atoms. The van der Waals surface area contributed by atoms with Gasteiger partial charge in [0.15, 0.2) is 11.5 Å². The second-order valence-corrected chi connectivity index (χ2v) is 5.46. The molecule has 8 heteroatoms. The summed E-state index contributed by atoms with van der Waals surface area (Å²) in [6.45, 7) is 2.47. The van der Waals surface area contributed by atoms with Crippen LogP contribution in [0, 0.1) is 0 Å². The predicted octanol–water partition coefficient (Wildman–Crippen LogP) is 2.54. The van der Waals surface area contributed by atoms with Crippen molar-refractivity contribution in [3.05, 3.63) is 52.5 Å². The lowest BCUT2D eigenvalue weighted by molar-refractivity contribution is 0.0846. The van der Waals surface area contributed by atoms with Crippen LogP contribution >= 0.6 is 11.6 Å². The number of hydrogen-bond acceptors (Lipinski definition) is 5. The van der Waals surface area contributed by atoms with Crippen LogP contribution in [0.3, 0.4) is 0 Å². The normalized spacial score (nSPS) is 11.8. The SMILES string of the molecule is CCOc1ccc(C(=O)NNC(=O)c2cc(Cl)c3c(c2)OCO3)cc1. The Morgan fingerprint density at radius 3 is 2.44 bits per heavy atom. The smallest absolute Gasteiger partial charge is 0.269 e. The standard InChI is InChI=1S/C17H15ClN2O5/c1-2-23-12-5-3-10(4-6-12)16(21)19-20-17(22)11-7-13(18)15-14(8-11)24-9-25-15/h3-8H,2,9H2,1H3,(H,19,21)(H,20,22). The van der Waals surface area contributed by atoms with Gasteiger partial charge in [-0.1, -0.05) is 11.6 Å². The Morgan fingerprint density at radius 1 is 1.08 bits per heavy atom. The first kappa shape index (κ1) is 16.9. The summed E-state index contributed by atoms with van der Waals surface area (Å²) < 4.78 is 15.7. The van der Waals surface area contributed by atoms with Crippen molar-refractivity contribution in [1.82, 2.24) is 10.9 Å². The molecule has 3 rings (SSSR count). The third-order valence-electron chi connectivity index (χ3n) is 3.41. The molecule has 0 aliphatic carbocycles. The zero-order valence-electron chi connectivity index (χ0n) is 13.3. The molecule has 2 aromatic rings. The van der Waals surface area contributed by atoms with Crippen LogP contribution in [0.2, 0.25) is 5.02 Å². The fourth-order valence-electron chi connectivity index (χ4n) is 2.23. The van der Waals surface area contributed by atoms with Gasteiger partial charge in [-0.25, -0.2) is 0 Å². The van der Waals surface area contributed by atoms with Crippen molar-refractivity contribution in [2.75, 3.05) is 13.4 Å². The van der Waals surface area contributed by atoms with Crippen molar-refractivity contribution >= 4 is 23.4 Å². The van der Waals surface area contributed by atoms with Gasteiger partial charge in [0.2, 0.25) is 6.79 Å². The molecule has 0 atom stereocenters. The highest BCUT2D eigenvalue weighted by Crippen LogP contribution is 2.39. The third kappa shape index (κ3) is 3.77. The molecule has 2 amide bonds. The summed E-state index contributed by atoms with van der Waals surface area (Å²) in [6.07, 6.45) is 0. The maximum absolute atomic E-state index is 12.2. The van der Waals surface area contributed by atoms with Gasteiger partial charge in [0, 0.05) is 11.1 Å². The summed E-state index contributed by atoms with van der Waals surface area (Å²) >= 11 is 6.03. The van der Waals surface area contributed by atoms with Crippen molar-refractivity contribution in [2.45, 2.75) is 6.92 Å². The quantitative estimate of drug-likeness (QED) is 0.816. The average molecular weight is 363 g/mol. The summed E-state index contributed by atoms with van der Waals surface area (Å²) in [5.74, 6) is 0.466. The van der Waals surface area contributed by atoms with Crippen LogP contribution in [0.1, 0.15) is 27.6 Å². The lowest BCUT2D eigenvalue weighted by Crippen LogP contribution is -2.41. The maximum atomic E-state index is 12.2. The highest BCUT2D eigenvalue weighted by atomic mass is 35.5. The number of nitrogens with one attached hydrogen (secondary N) is 2. The fraction of sp³-hybridized carbons (Fsp3) is 0.176. The molecular formula is C17H15ClN2O5. The Morgan fingerprint density at radius 2 is 1.76 bits per heavy atom. The van der Waals surface area contributed by atoms with E-state index in [1.165, 1.54) is 12.1 Å². The van der Waals surface area contributed by atoms with Crippen molar-refractivity contribution in [3.63, 3.8) is 0 Å². The summed E-state index contributed by atoms with van der Waals surface area (Å²) in [4.78, 5) is 24.2. The lowest BCUT2D eigenvalue weighted by Gasteiger charge is -2.09. The number of benzene rings is 2. The van der Waals surface area contributed by atoms with E-state index in [2.05, 4.69) is 10.9 Å². The molecule has 1 aliphatic heterocycles. The van der Waals surface area contributed by atoms with E-state index >= 15 is 0 Å². The van der Waals surface area contributed by atoms with Gasteiger partial charge in [0.25, 0.3) is 11.8 Å². The van der Waals surface area contributed by atoms with Crippen molar-refractivity contribution in [2.24, 2.45) is 0 Å². The number of rotatable bonds is 4. The Labute approximate surface area is 148 Å². The first-order valence-corrected chi connectivity index (χ1v) is 7.89. The number of ether oxygens (including phenoxy) is 3. The molecule has 2 aromatic carbocycles. The minimum absolute atomic E-state index is 0.0502. The molecule has 1 aliphatic rings. The largest absolute Gasteiger partial charge is 0.494 e. The van der Waals surface area contributed by atoms with Gasteiger partial charge >= 0.3 is 0 Å². The zero-order valence-corrected chi connectivity index (χ0v) is 14.1. The van der Waals surface area contributed by atoms with Crippen LogP contribution in [0.15, 0.2) is 36.4 Å². The minimum Gasteiger partial charge on any atom is -0.494 e. The summed E-state index contributed by atoms with van der Waals surface area (Å²) in [6, 6.07) is 9.49. The molecule has 0 fully saturated rings. The number of amides is 2. The van der Waals surface area contributed by atoms with Gasteiger partial charge in [-0.2, -0.15) is 0 Å². The maximum Gasteiger partial charge on any atom is 0.269 e. The van der Waals surface area contributed by atoms with E-state index in [4.69, 9.17) is 25.8 Å². The average Bonchev–Trinajstić information content (AvgIpc) is 3.09. The molecule has 0 aromatic heterocycles.